The highest BCUT2D eigenvalue weighted by molar-refractivity contribution is 5.82. The van der Waals surface area contributed by atoms with Gasteiger partial charge in [0, 0.05) is 0 Å². The summed E-state index contributed by atoms with van der Waals surface area (Å²) in [5, 5.41) is 0.451. The van der Waals surface area contributed by atoms with Gasteiger partial charge in [-0.1, -0.05) is 13.3 Å². The highest BCUT2D eigenvalue weighted by Crippen LogP contribution is 2.21. The second kappa shape index (κ2) is 4.45. The first-order valence-corrected chi connectivity index (χ1v) is 5.49. The van der Waals surface area contributed by atoms with E-state index >= 15 is 0 Å². The lowest BCUT2D eigenvalue weighted by Gasteiger charge is -2.07. The van der Waals surface area contributed by atoms with Gasteiger partial charge in [-0.05, 0) is 24.1 Å². The molecule has 2 N–H and O–H groups in total. The van der Waals surface area contributed by atoms with Crippen LogP contribution in [0.15, 0.2) is 21.7 Å². The summed E-state index contributed by atoms with van der Waals surface area (Å²) in [6.07, 6.45) is 1.71. The van der Waals surface area contributed by atoms with Crippen molar-refractivity contribution in [1.29, 1.82) is 0 Å². The number of aryl methyl sites for hydroxylation is 1. The molecular formula is C12H14N2O3. The molecule has 0 spiro atoms. The van der Waals surface area contributed by atoms with Gasteiger partial charge in [-0.2, -0.15) is 0 Å². The first kappa shape index (κ1) is 11.4. The maximum atomic E-state index is 11.7. The molecule has 0 amide bonds. The van der Waals surface area contributed by atoms with Crippen molar-refractivity contribution in [3.8, 4) is 5.75 Å². The molecule has 1 heterocycles. The fourth-order valence-electron chi connectivity index (χ4n) is 1.90. The predicted octanol–water partition coefficient (Wildman–Crippen LogP) is 1.18. The Kier molecular flexibility index (Phi) is 2.99. The van der Waals surface area contributed by atoms with Gasteiger partial charge < -0.3 is 9.72 Å². The van der Waals surface area contributed by atoms with Crippen LogP contribution in [0, 0.1) is 0 Å². The molecule has 0 aliphatic carbocycles. The Balaban J connectivity index is 2.85. The zero-order valence-electron chi connectivity index (χ0n) is 9.79. The normalized spacial score (nSPS) is 10.7. The van der Waals surface area contributed by atoms with Gasteiger partial charge in [0.2, 0.25) is 0 Å². The zero-order chi connectivity index (χ0) is 12.4. The van der Waals surface area contributed by atoms with Crippen LogP contribution < -0.4 is 16.0 Å². The van der Waals surface area contributed by atoms with Gasteiger partial charge in [0.15, 0.2) is 0 Å². The fraction of sp³-hybridized carbons (Fsp3) is 0.333. The molecular weight excluding hydrogens is 220 g/mol. The second-order valence-electron chi connectivity index (χ2n) is 3.87. The van der Waals surface area contributed by atoms with E-state index in [2.05, 4.69) is 9.97 Å². The minimum atomic E-state index is -0.481. The Bertz CT molecular complexity index is 655. The summed E-state index contributed by atoms with van der Waals surface area (Å²) in [5.74, 6) is 0.624. The molecule has 5 heteroatoms. The summed E-state index contributed by atoms with van der Waals surface area (Å²) < 4.78 is 5.15. The van der Waals surface area contributed by atoms with Gasteiger partial charge >= 0.3 is 5.69 Å². The van der Waals surface area contributed by atoms with Crippen molar-refractivity contribution in [3.05, 3.63) is 38.5 Å². The van der Waals surface area contributed by atoms with Gasteiger partial charge in [-0.25, -0.2) is 4.79 Å². The van der Waals surface area contributed by atoms with Gasteiger partial charge in [0.25, 0.3) is 5.56 Å². The lowest BCUT2D eigenvalue weighted by atomic mass is 10.1. The van der Waals surface area contributed by atoms with E-state index in [0.717, 1.165) is 18.4 Å². The van der Waals surface area contributed by atoms with Crippen LogP contribution in [-0.4, -0.2) is 17.1 Å². The smallest absolute Gasteiger partial charge is 0.326 e. The topological polar surface area (TPSA) is 75.0 Å². The minimum absolute atomic E-state index is 0.389. The largest absolute Gasteiger partial charge is 0.497 e. The Morgan fingerprint density at radius 2 is 2.00 bits per heavy atom. The number of rotatable bonds is 3. The predicted molar refractivity (Wildman–Crippen MR) is 65.7 cm³/mol. The maximum Gasteiger partial charge on any atom is 0.326 e. The molecule has 5 nitrogen and oxygen atoms in total. The number of benzene rings is 1. The van der Waals surface area contributed by atoms with Crippen molar-refractivity contribution in [2.75, 3.05) is 7.11 Å². The molecule has 2 aromatic rings. The molecule has 0 fully saturated rings. The van der Waals surface area contributed by atoms with E-state index in [9.17, 15) is 9.59 Å². The van der Waals surface area contributed by atoms with E-state index in [1.165, 1.54) is 0 Å². The van der Waals surface area contributed by atoms with Gasteiger partial charge in [0.05, 0.1) is 18.0 Å². The summed E-state index contributed by atoms with van der Waals surface area (Å²) in [4.78, 5) is 27.8. The molecule has 90 valence electrons. The highest BCUT2D eigenvalue weighted by atomic mass is 16.5. The highest BCUT2D eigenvalue weighted by Gasteiger charge is 2.08. The Labute approximate surface area is 97.4 Å². The Morgan fingerprint density at radius 3 is 2.65 bits per heavy atom. The average molecular weight is 234 g/mol. The molecule has 1 aromatic heterocycles. The molecule has 0 saturated carbocycles. The van der Waals surface area contributed by atoms with E-state index in [4.69, 9.17) is 4.74 Å². The number of aromatic amines is 2. The number of aromatic nitrogens is 2. The van der Waals surface area contributed by atoms with Crippen LogP contribution in [0.4, 0.5) is 0 Å². The lowest BCUT2D eigenvalue weighted by Crippen LogP contribution is -2.22. The summed E-state index contributed by atoms with van der Waals surface area (Å²) in [5.41, 5.74) is 0.650. The third kappa shape index (κ3) is 2.08. The number of fused-ring (bicyclic) bond motifs is 1. The molecule has 0 radical (unpaired) electrons. The van der Waals surface area contributed by atoms with Crippen LogP contribution in [0.2, 0.25) is 0 Å². The second-order valence-corrected chi connectivity index (χ2v) is 3.87. The standard InChI is InChI=1S/C12H14N2O3/c1-3-4-7-5-8(17-2)6-9-10(7)13-12(16)14-11(9)15/h5-6H,3-4H2,1-2H3,(H2,13,14,15,16). The van der Waals surface area contributed by atoms with E-state index in [-0.39, 0.29) is 5.56 Å². The van der Waals surface area contributed by atoms with Crippen LogP contribution >= 0.6 is 0 Å². The lowest BCUT2D eigenvalue weighted by molar-refractivity contribution is 0.415. The SMILES string of the molecule is CCCc1cc(OC)cc2c(=O)[nH]c(=O)[nH]c12. The first-order valence-electron chi connectivity index (χ1n) is 5.49. The van der Waals surface area contributed by atoms with E-state index in [1.807, 2.05) is 13.0 Å². The number of ether oxygens (including phenoxy) is 1. The molecule has 0 saturated heterocycles. The van der Waals surface area contributed by atoms with Gasteiger partial charge in [0.1, 0.15) is 5.75 Å². The third-order valence-electron chi connectivity index (χ3n) is 2.66. The Hall–Kier alpha value is -2.04. The summed E-state index contributed by atoms with van der Waals surface area (Å²) in [6.45, 7) is 2.04. The number of hydrogen-bond donors (Lipinski definition) is 2. The Morgan fingerprint density at radius 1 is 1.24 bits per heavy atom. The van der Waals surface area contributed by atoms with Crippen LogP contribution in [0.1, 0.15) is 18.9 Å². The van der Waals surface area contributed by atoms with Crippen LogP contribution in [-0.2, 0) is 6.42 Å². The molecule has 0 bridgehead atoms. The number of methoxy groups -OCH3 is 1. The van der Waals surface area contributed by atoms with E-state index < -0.39 is 5.69 Å². The molecule has 1 aromatic carbocycles. The molecule has 17 heavy (non-hydrogen) atoms. The van der Waals surface area contributed by atoms with Gasteiger partial charge in [-0.3, -0.25) is 9.78 Å². The van der Waals surface area contributed by atoms with Crippen molar-refractivity contribution in [3.63, 3.8) is 0 Å². The third-order valence-corrected chi connectivity index (χ3v) is 2.66. The fourth-order valence-corrected chi connectivity index (χ4v) is 1.90. The monoisotopic (exact) mass is 234 g/mol. The maximum absolute atomic E-state index is 11.7. The average Bonchev–Trinajstić information content (AvgIpc) is 2.30. The van der Waals surface area contributed by atoms with E-state index in [0.29, 0.717) is 16.7 Å². The minimum Gasteiger partial charge on any atom is -0.497 e. The van der Waals surface area contributed by atoms with Crippen LogP contribution in [0.5, 0.6) is 5.75 Å². The number of H-pyrrole nitrogens is 2. The van der Waals surface area contributed by atoms with Crippen molar-refractivity contribution < 1.29 is 4.74 Å². The first-order chi connectivity index (χ1) is 8.15. The van der Waals surface area contributed by atoms with Gasteiger partial charge in [-0.15, -0.1) is 0 Å². The summed E-state index contributed by atoms with van der Waals surface area (Å²) in [6, 6.07) is 3.48. The van der Waals surface area contributed by atoms with E-state index in [1.54, 1.807) is 13.2 Å². The number of hydrogen-bond acceptors (Lipinski definition) is 3. The van der Waals surface area contributed by atoms with Crippen molar-refractivity contribution in [2.24, 2.45) is 0 Å². The van der Waals surface area contributed by atoms with Crippen molar-refractivity contribution >= 4 is 10.9 Å². The molecule has 0 aliphatic rings. The summed E-state index contributed by atoms with van der Waals surface area (Å²) >= 11 is 0. The zero-order valence-corrected chi connectivity index (χ0v) is 9.79. The molecule has 2 rings (SSSR count). The van der Waals surface area contributed by atoms with Crippen molar-refractivity contribution in [1.82, 2.24) is 9.97 Å². The van der Waals surface area contributed by atoms with Crippen LogP contribution in [0.25, 0.3) is 10.9 Å². The quantitative estimate of drug-likeness (QED) is 0.837. The molecule has 0 atom stereocenters. The summed E-state index contributed by atoms with van der Waals surface area (Å²) in [7, 11) is 1.55. The molecule has 0 aliphatic heterocycles. The molecule has 0 unspecified atom stereocenters. The number of nitrogens with one attached hydrogen (secondary N) is 2. The van der Waals surface area contributed by atoms with Crippen molar-refractivity contribution in [2.45, 2.75) is 19.8 Å². The van der Waals surface area contributed by atoms with Crippen LogP contribution in [0.3, 0.4) is 0 Å².